The summed E-state index contributed by atoms with van der Waals surface area (Å²) in [5.74, 6) is 1.38. The highest BCUT2D eigenvalue weighted by atomic mass is 35.5. The molecule has 196 valence electrons. The number of hydrogen-bond donors (Lipinski definition) is 1. The Kier molecular flexibility index (Phi) is 8.28. The average Bonchev–Trinajstić information content (AvgIpc) is 3.50. The van der Waals surface area contributed by atoms with Gasteiger partial charge in [-0.2, -0.15) is 5.10 Å². The van der Waals surface area contributed by atoms with Crippen LogP contribution in [0.15, 0.2) is 36.0 Å². The molecule has 0 bridgehead atoms. The fourth-order valence-electron chi connectivity index (χ4n) is 4.23. The molecule has 2 aromatic carbocycles. The summed E-state index contributed by atoms with van der Waals surface area (Å²) in [6.45, 7) is 6.70. The molecule has 0 amide bonds. The highest BCUT2D eigenvalue weighted by molar-refractivity contribution is 6.31. The second-order valence-electron chi connectivity index (χ2n) is 8.73. The monoisotopic (exact) mass is 526 g/mol. The van der Waals surface area contributed by atoms with Crippen molar-refractivity contribution in [3.05, 3.63) is 57.7 Å². The second-order valence-corrected chi connectivity index (χ2v) is 9.14. The normalized spacial score (nSPS) is 12.6. The largest absolute Gasteiger partial charge is 0.507 e. The van der Waals surface area contributed by atoms with Crippen LogP contribution in [0.25, 0.3) is 17.3 Å². The van der Waals surface area contributed by atoms with E-state index in [0.717, 1.165) is 24.0 Å². The number of aryl methyl sites for hydroxylation is 2. The van der Waals surface area contributed by atoms with Crippen molar-refractivity contribution in [3.63, 3.8) is 0 Å². The zero-order chi connectivity index (χ0) is 26.5. The summed E-state index contributed by atoms with van der Waals surface area (Å²) >= 11 is 6.43. The van der Waals surface area contributed by atoms with E-state index < -0.39 is 5.97 Å². The summed E-state index contributed by atoms with van der Waals surface area (Å²) in [5.41, 5.74) is 3.78. The van der Waals surface area contributed by atoms with Gasteiger partial charge in [-0.15, -0.1) is 0 Å². The van der Waals surface area contributed by atoms with Crippen LogP contribution in [-0.4, -0.2) is 41.4 Å². The fourth-order valence-corrected chi connectivity index (χ4v) is 4.39. The summed E-state index contributed by atoms with van der Waals surface area (Å²) < 4.78 is 23.8. The first-order valence-corrected chi connectivity index (χ1v) is 12.6. The van der Waals surface area contributed by atoms with Gasteiger partial charge in [0.15, 0.2) is 11.5 Å². The van der Waals surface area contributed by atoms with Crippen molar-refractivity contribution in [1.29, 1.82) is 0 Å². The van der Waals surface area contributed by atoms with E-state index in [0.29, 0.717) is 51.2 Å². The highest BCUT2D eigenvalue weighted by Crippen LogP contribution is 2.40. The Morgan fingerprint density at radius 3 is 2.68 bits per heavy atom. The molecule has 37 heavy (non-hydrogen) atoms. The summed E-state index contributed by atoms with van der Waals surface area (Å²) in [6, 6.07) is 6.92. The molecule has 1 aliphatic rings. The minimum Gasteiger partial charge on any atom is -0.507 e. The number of aromatic hydroxyl groups is 1. The molecule has 9 heteroatoms. The number of unbranched alkanes of at least 4 members (excludes halogenated alkanes) is 1. The van der Waals surface area contributed by atoms with Crippen LogP contribution in [0.5, 0.6) is 23.0 Å². The standard InChI is InChI=1S/C28H31ClN2O6/c1-5-7-8-31-27(21-13-22(29)17(3)9-23(21)32)20(15-30-31)11-19(28(33)35-6-2)10-18-12-25-26(37-16-36-25)14-24(18)34-4/h9,11-15,32H,5-8,10,16H2,1-4H3/b19-11+. The molecule has 3 aromatic rings. The lowest BCUT2D eigenvalue weighted by Crippen LogP contribution is -2.10. The molecule has 1 aromatic heterocycles. The molecule has 0 radical (unpaired) electrons. The average molecular weight is 527 g/mol. The number of rotatable bonds is 10. The molecule has 8 nitrogen and oxygen atoms in total. The van der Waals surface area contributed by atoms with Crippen LogP contribution < -0.4 is 14.2 Å². The van der Waals surface area contributed by atoms with Gasteiger partial charge in [-0.1, -0.05) is 24.9 Å². The van der Waals surface area contributed by atoms with E-state index in [9.17, 15) is 9.90 Å². The minimum atomic E-state index is -0.458. The number of esters is 1. The summed E-state index contributed by atoms with van der Waals surface area (Å²) in [6.07, 6.45) is 5.54. The predicted octanol–water partition coefficient (Wildman–Crippen LogP) is 5.94. The van der Waals surface area contributed by atoms with Crippen LogP contribution in [0.4, 0.5) is 0 Å². The summed E-state index contributed by atoms with van der Waals surface area (Å²) in [5, 5.41) is 15.9. The SMILES string of the molecule is CCCCn1ncc(/C=C(\Cc2cc3c(cc2OC)OCO3)C(=O)OCC)c1-c1cc(Cl)c(C)cc1O. The smallest absolute Gasteiger partial charge is 0.334 e. The van der Waals surface area contributed by atoms with Gasteiger partial charge < -0.3 is 24.1 Å². The molecule has 0 atom stereocenters. The number of ether oxygens (including phenoxy) is 4. The Morgan fingerprint density at radius 1 is 1.22 bits per heavy atom. The molecule has 2 heterocycles. The first-order chi connectivity index (χ1) is 17.9. The number of phenolic OH excluding ortho intramolecular Hbond substituents is 1. The number of hydrogen-bond acceptors (Lipinski definition) is 7. The molecule has 0 aliphatic carbocycles. The minimum absolute atomic E-state index is 0.0879. The van der Waals surface area contributed by atoms with Crippen molar-refractivity contribution < 1.29 is 28.8 Å². The second kappa shape index (κ2) is 11.6. The fraction of sp³-hybridized carbons (Fsp3) is 0.357. The van der Waals surface area contributed by atoms with Crippen molar-refractivity contribution in [2.75, 3.05) is 20.5 Å². The highest BCUT2D eigenvalue weighted by Gasteiger charge is 2.23. The van der Waals surface area contributed by atoms with Gasteiger partial charge in [-0.3, -0.25) is 4.68 Å². The van der Waals surface area contributed by atoms with E-state index >= 15 is 0 Å². The molecule has 1 N–H and O–H groups in total. The quantitative estimate of drug-likeness (QED) is 0.258. The number of aromatic nitrogens is 2. The number of nitrogens with zero attached hydrogens (tertiary/aromatic N) is 2. The van der Waals surface area contributed by atoms with Gasteiger partial charge in [-0.05, 0) is 50.1 Å². The Morgan fingerprint density at radius 2 is 1.97 bits per heavy atom. The van der Waals surface area contributed by atoms with E-state index in [1.165, 1.54) is 0 Å². The summed E-state index contributed by atoms with van der Waals surface area (Å²) in [4.78, 5) is 13.1. The van der Waals surface area contributed by atoms with Gasteiger partial charge in [0.1, 0.15) is 11.5 Å². The lowest BCUT2D eigenvalue weighted by Gasteiger charge is -2.14. The zero-order valence-corrected chi connectivity index (χ0v) is 22.2. The Hall–Kier alpha value is -3.65. The van der Waals surface area contributed by atoms with Crippen molar-refractivity contribution >= 4 is 23.6 Å². The molecule has 0 fully saturated rings. The van der Waals surface area contributed by atoms with Crippen LogP contribution in [0.1, 0.15) is 43.4 Å². The van der Waals surface area contributed by atoms with Crippen molar-refractivity contribution in [3.8, 4) is 34.3 Å². The Bertz CT molecular complexity index is 1330. The number of carbonyl (C=O) groups is 1. The molecule has 4 rings (SSSR count). The van der Waals surface area contributed by atoms with Crippen LogP contribution in [-0.2, 0) is 22.5 Å². The molecule has 0 saturated carbocycles. The van der Waals surface area contributed by atoms with E-state index in [4.69, 9.17) is 30.5 Å². The lowest BCUT2D eigenvalue weighted by molar-refractivity contribution is -0.138. The number of fused-ring (bicyclic) bond motifs is 1. The van der Waals surface area contributed by atoms with Gasteiger partial charge in [0.25, 0.3) is 0 Å². The molecular formula is C28H31ClN2O6. The van der Waals surface area contributed by atoms with Crippen molar-refractivity contribution in [2.24, 2.45) is 0 Å². The Balaban J connectivity index is 1.83. The topological polar surface area (TPSA) is 92.0 Å². The first kappa shape index (κ1) is 26.4. The van der Waals surface area contributed by atoms with Gasteiger partial charge in [0.2, 0.25) is 6.79 Å². The van der Waals surface area contributed by atoms with E-state index in [2.05, 4.69) is 12.0 Å². The van der Waals surface area contributed by atoms with E-state index in [1.807, 2.05) is 17.7 Å². The van der Waals surface area contributed by atoms with Gasteiger partial charge in [-0.25, -0.2) is 4.79 Å². The zero-order valence-electron chi connectivity index (χ0n) is 21.5. The van der Waals surface area contributed by atoms with Crippen LogP contribution in [0.3, 0.4) is 0 Å². The van der Waals surface area contributed by atoms with E-state index in [-0.39, 0.29) is 25.6 Å². The number of methoxy groups -OCH3 is 1. The molecule has 0 saturated heterocycles. The molecule has 0 spiro atoms. The number of halogens is 1. The molecular weight excluding hydrogens is 496 g/mol. The predicted molar refractivity (Wildman–Crippen MR) is 141 cm³/mol. The maximum atomic E-state index is 13.1. The van der Waals surface area contributed by atoms with Crippen molar-refractivity contribution in [2.45, 2.75) is 46.6 Å². The van der Waals surface area contributed by atoms with Gasteiger partial charge >= 0.3 is 5.97 Å². The maximum absolute atomic E-state index is 13.1. The van der Waals surface area contributed by atoms with Crippen molar-refractivity contribution in [1.82, 2.24) is 9.78 Å². The van der Waals surface area contributed by atoms with Crippen LogP contribution in [0, 0.1) is 6.92 Å². The molecule has 0 unspecified atom stereocenters. The summed E-state index contributed by atoms with van der Waals surface area (Å²) in [7, 11) is 1.56. The number of benzene rings is 2. The van der Waals surface area contributed by atoms with Gasteiger partial charge in [0, 0.05) is 46.3 Å². The number of carbonyl (C=O) groups excluding carboxylic acids is 1. The van der Waals surface area contributed by atoms with E-state index in [1.54, 1.807) is 44.5 Å². The number of phenols is 1. The maximum Gasteiger partial charge on any atom is 0.334 e. The third-order valence-electron chi connectivity index (χ3n) is 6.15. The third-order valence-corrected chi connectivity index (χ3v) is 6.55. The van der Waals surface area contributed by atoms with Gasteiger partial charge in [0.05, 0.1) is 25.6 Å². The lowest BCUT2D eigenvalue weighted by atomic mass is 9.99. The van der Waals surface area contributed by atoms with Crippen LogP contribution >= 0.6 is 11.6 Å². The Labute approximate surface area is 221 Å². The first-order valence-electron chi connectivity index (χ1n) is 12.3. The van der Waals surface area contributed by atoms with Crippen LogP contribution in [0.2, 0.25) is 5.02 Å². The molecule has 1 aliphatic heterocycles. The third kappa shape index (κ3) is 5.69.